The number of hydrogen-bond donors (Lipinski definition) is 1. The Labute approximate surface area is 118 Å². The lowest BCUT2D eigenvalue weighted by molar-refractivity contribution is 0.0724. The summed E-state index contributed by atoms with van der Waals surface area (Å²) in [5, 5.41) is 0. The summed E-state index contributed by atoms with van der Waals surface area (Å²) in [6.07, 6.45) is 1.71. The van der Waals surface area contributed by atoms with Crippen molar-refractivity contribution in [3.8, 4) is 0 Å². The van der Waals surface area contributed by atoms with Crippen LogP contribution in [0.25, 0.3) is 0 Å². The fourth-order valence-electron chi connectivity index (χ4n) is 3.16. The number of primary amides is 1. The Hall–Kier alpha value is -1.66. The van der Waals surface area contributed by atoms with Gasteiger partial charge in [0.2, 0.25) is 0 Å². The minimum atomic E-state index is -0.429. The van der Waals surface area contributed by atoms with Gasteiger partial charge in [0.25, 0.3) is 5.91 Å². The zero-order chi connectivity index (χ0) is 14.1. The summed E-state index contributed by atoms with van der Waals surface area (Å²) in [4.78, 5) is 20.5. The summed E-state index contributed by atoms with van der Waals surface area (Å²) in [6, 6.07) is 3.70. The molecule has 3 heterocycles. The second kappa shape index (κ2) is 5.38. The highest BCUT2D eigenvalue weighted by Gasteiger charge is 2.34. The van der Waals surface area contributed by atoms with E-state index in [4.69, 9.17) is 10.5 Å². The van der Waals surface area contributed by atoms with E-state index in [2.05, 4.69) is 21.8 Å². The molecule has 0 radical (unpaired) electrons. The Morgan fingerprint density at radius 1 is 1.40 bits per heavy atom. The van der Waals surface area contributed by atoms with Gasteiger partial charge in [0, 0.05) is 31.7 Å². The second-order valence-electron chi connectivity index (χ2n) is 5.67. The third-order valence-electron chi connectivity index (χ3n) is 3.98. The van der Waals surface area contributed by atoms with Crippen molar-refractivity contribution in [1.82, 2.24) is 9.88 Å². The van der Waals surface area contributed by atoms with Gasteiger partial charge in [-0.3, -0.25) is 4.79 Å². The molecule has 20 heavy (non-hydrogen) atoms. The first-order chi connectivity index (χ1) is 9.65. The maximum absolute atomic E-state index is 11.6. The average molecular weight is 276 g/mol. The van der Waals surface area contributed by atoms with Gasteiger partial charge in [-0.25, -0.2) is 4.98 Å². The maximum Gasteiger partial charge on any atom is 0.252 e. The molecule has 2 bridgehead atoms. The summed E-state index contributed by atoms with van der Waals surface area (Å²) in [5.41, 5.74) is 5.97. The van der Waals surface area contributed by atoms with Crippen LogP contribution in [0.15, 0.2) is 18.3 Å². The maximum atomic E-state index is 11.6. The Morgan fingerprint density at radius 3 is 3.05 bits per heavy atom. The quantitative estimate of drug-likeness (QED) is 0.820. The van der Waals surface area contributed by atoms with E-state index < -0.39 is 5.91 Å². The first kappa shape index (κ1) is 13.3. The molecule has 1 aromatic heterocycles. The lowest BCUT2D eigenvalue weighted by atomic mass is 10.1. The molecular formula is C14H20N4O2. The van der Waals surface area contributed by atoms with Gasteiger partial charge in [-0.1, -0.05) is 0 Å². The number of ether oxygens (including phenoxy) is 1. The van der Waals surface area contributed by atoms with Gasteiger partial charge in [-0.2, -0.15) is 0 Å². The van der Waals surface area contributed by atoms with Gasteiger partial charge >= 0.3 is 0 Å². The number of amides is 1. The van der Waals surface area contributed by atoms with Crippen LogP contribution in [-0.2, 0) is 4.74 Å². The van der Waals surface area contributed by atoms with Crippen molar-refractivity contribution in [3.63, 3.8) is 0 Å². The summed E-state index contributed by atoms with van der Waals surface area (Å²) in [6.45, 7) is 4.19. The smallest absolute Gasteiger partial charge is 0.252 e. The van der Waals surface area contributed by atoms with Crippen LogP contribution in [0.3, 0.4) is 0 Å². The number of fused-ring (bicyclic) bond motifs is 3. The summed E-state index contributed by atoms with van der Waals surface area (Å²) in [5.74, 6) is 0.687. The summed E-state index contributed by atoms with van der Waals surface area (Å²) < 4.78 is 5.75. The van der Waals surface area contributed by atoms with Crippen molar-refractivity contribution in [1.29, 1.82) is 0 Å². The third kappa shape index (κ3) is 2.48. The van der Waals surface area contributed by atoms with Gasteiger partial charge in [-0.15, -0.1) is 0 Å². The van der Waals surface area contributed by atoms with Crippen LogP contribution in [0.5, 0.6) is 0 Å². The van der Waals surface area contributed by atoms with E-state index in [1.54, 1.807) is 18.3 Å². The first-order valence-electron chi connectivity index (χ1n) is 6.93. The lowest BCUT2D eigenvalue weighted by Gasteiger charge is -2.31. The molecule has 2 fully saturated rings. The first-order valence-corrected chi connectivity index (χ1v) is 6.93. The Bertz CT molecular complexity index is 508. The van der Waals surface area contributed by atoms with E-state index in [-0.39, 0.29) is 6.04 Å². The number of aromatic nitrogens is 1. The fraction of sp³-hybridized carbons (Fsp3) is 0.571. The number of likely N-dealkylation sites (N-methyl/N-ethyl adjacent to an activating group) is 1. The number of anilines is 1. The molecule has 0 saturated carbocycles. The molecule has 0 spiro atoms. The fourth-order valence-corrected chi connectivity index (χ4v) is 3.16. The molecule has 2 saturated heterocycles. The predicted molar refractivity (Wildman–Crippen MR) is 75.7 cm³/mol. The molecule has 1 aromatic rings. The van der Waals surface area contributed by atoms with Crippen molar-refractivity contribution in [3.05, 3.63) is 23.9 Å². The minimum Gasteiger partial charge on any atom is -0.379 e. The third-order valence-corrected chi connectivity index (χ3v) is 3.98. The van der Waals surface area contributed by atoms with Crippen LogP contribution in [-0.4, -0.2) is 61.7 Å². The van der Waals surface area contributed by atoms with Crippen LogP contribution >= 0.6 is 0 Å². The van der Waals surface area contributed by atoms with Crippen LogP contribution in [0, 0.1) is 5.92 Å². The van der Waals surface area contributed by atoms with Gasteiger partial charge < -0.3 is 20.3 Å². The van der Waals surface area contributed by atoms with E-state index >= 15 is 0 Å². The topological polar surface area (TPSA) is 71.7 Å². The van der Waals surface area contributed by atoms with E-state index in [0.717, 1.165) is 26.2 Å². The van der Waals surface area contributed by atoms with Crippen LogP contribution in [0.1, 0.15) is 10.4 Å². The van der Waals surface area contributed by atoms with Crippen molar-refractivity contribution < 1.29 is 9.53 Å². The number of nitrogens with zero attached hydrogens (tertiary/aromatic N) is 3. The van der Waals surface area contributed by atoms with Gasteiger partial charge in [0.05, 0.1) is 24.8 Å². The number of hydrogen-bond acceptors (Lipinski definition) is 5. The van der Waals surface area contributed by atoms with Gasteiger partial charge in [0.1, 0.15) is 5.82 Å². The molecule has 6 nitrogen and oxygen atoms in total. The standard InChI is InChI=1S/C14H20N4O2/c1-17-5-10-6-18(11(7-17)9-20-8-10)14-12(13(15)19)3-2-4-16-14/h2-4,10-11H,5-9H2,1H3,(H2,15,19)/t10-,11-/m0/s1. The molecule has 2 aliphatic rings. The second-order valence-corrected chi connectivity index (χ2v) is 5.67. The van der Waals surface area contributed by atoms with Crippen molar-refractivity contribution in [2.75, 3.05) is 44.8 Å². The highest BCUT2D eigenvalue weighted by molar-refractivity contribution is 5.97. The zero-order valence-electron chi connectivity index (χ0n) is 11.7. The summed E-state index contributed by atoms with van der Waals surface area (Å²) >= 11 is 0. The molecule has 1 amide bonds. The van der Waals surface area contributed by atoms with E-state index in [1.165, 1.54) is 0 Å². The van der Waals surface area contributed by atoms with Crippen molar-refractivity contribution in [2.24, 2.45) is 11.7 Å². The average Bonchev–Trinajstić information content (AvgIpc) is 2.68. The normalized spacial score (nSPS) is 27.1. The molecule has 108 valence electrons. The lowest BCUT2D eigenvalue weighted by Crippen LogP contribution is -2.44. The summed E-state index contributed by atoms with van der Waals surface area (Å²) in [7, 11) is 2.13. The molecule has 2 N–H and O–H groups in total. The number of pyridine rings is 1. The molecule has 6 heteroatoms. The van der Waals surface area contributed by atoms with Crippen LogP contribution in [0.4, 0.5) is 5.82 Å². The zero-order valence-corrected chi connectivity index (χ0v) is 11.7. The van der Waals surface area contributed by atoms with E-state index in [0.29, 0.717) is 23.9 Å². The number of rotatable bonds is 2. The van der Waals surface area contributed by atoms with Crippen LogP contribution in [0.2, 0.25) is 0 Å². The van der Waals surface area contributed by atoms with Crippen molar-refractivity contribution in [2.45, 2.75) is 6.04 Å². The van der Waals surface area contributed by atoms with Crippen LogP contribution < -0.4 is 10.6 Å². The Balaban J connectivity index is 1.98. The van der Waals surface area contributed by atoms with Gasteiger partial charge in [-0.05, 0) is 19.2 Å². The van der Waals surface area contributed by atoms with Crippen molar-refractivity contribution >= 4 is 11.7 Å². The number of nitrogens with two attached hydrogens (primary N) is 1. The monoisotopic (exact) mass is 276 g/mol. The highest BCUT2D eigenvalue weighted by atomic mass is 16.5. The number of carbonyl (C=O) groups is 1. The van der Waals surface area contributed by atoms with Gasteiger partial charge in [0.15, 0.2) is 0 Å². The SMILES string of the molecule is CN1C[C@@H]2COC[C@H](C1)N(c1ncccc1C(N)=O)C2. The predicted octanol–water partition coefficient (Wildman–Crippen LogP) is -0.0527. The molecule has 0 aromatic carbocycles. The highest BCUT2D eigenvalue weighted by Crippen LogP contribution is 2.26. The minimum absolute atomic E-state index is 0.209. The molecule has 2 aliphatic heterocycles. The molecular weight excluding hydrogens is 256 g/mol. The molecule has 0 aliphatic carbocycles. The molecule has 3 rings (SSSR count). The Morgan fingerprint density at radius 2 is 2.25 bits per heavy atom. The molecule has 2 atom stereocenters. The number of carbonyl (C=O) groups excluding carboxylic acids is 1. The van der Waals surface area contributed by atoms with E-state index in [9.17, 15) is 4.79 Å². The largest absolute Gasteiger partial charge is 0.379 e. The molecule has 0 unspecified atom stereocenters. The van der Waals surface area contributed by atoms with E-state index in [1.807, 2.05) is 0 Å². The Kier molecular flexibility index (Phi) is 3.58.